The number of unbranched alkanes of at least 4 members (excludes halogenated alkanes) is 4. The highest BCUT2D eigenvalue weighted by molar-refractivity contribution is 5.90. The van der Waals surface area contributed by atoms with Crippen LogP contribution >= 0.6 is 0 Å². The van der Waals surface area contributed by atoms with Crippen molar-refractivity contribution < 1.29 is 13.9 Å². The molecule has 0 aliphatic rings. The molecule has 202 valence electrons. The van der Waals surface area contributed by atoms with Crippen molar-refractivity contribution in [2.24, 2.45) is 10.2 Å². The summed E-state index contributed by atoms with van der Waals surface area (Å²) < 4.78 is 19.7. The summed E-state index contributed by atoms with van der Waals surface area (Å²) in [6, 6.07) is 19.7. The Balaban J connectivity index is 1.48. The molecular formula is C30H38FN5O2. The van der Waals surface area contributed by atoms with Crippen LogP contribution in [0.5, 0.6) is 0 Å². The Morgan fingerprint density at radius 2 is 1.37 bits per heavy atom. The van der Waals surface area contributed by atoms with E-state index in [0.29, 0.717) is 18.0 Å². The lowest BCUT2D eigenvalue weighted by Crippen LogP contribution is -2.21. The highest BCUT2D eigenvalue weighted by Gasteiger charge is 2.13. The first-order valence-corrected chi connectivity index (χ1v) is 13.4. The molecule has 0 fully saturated rings. The van der Waals surface area contributed by atoms with Crippen LogP contribution in [-0.2, 0) is 4.74 Å². The summed E-state index contributed by atoms with van der Waals surface area (Å²) in [5.41, 5.74) is 10.2. The maximum absolute atomic E-state index is 14.5. The first-order valence-electron chi connectivity index (χ1n) is 13.4. The van der Waals surface area contributed by atoms with Crippen molar-refractivity contribution in [2.45, 2.75) is 52.9 Å². The second kappa shape index (κ2) is 15.3. The molecule has 0 heterocycles. The maximum Gasteiger partial charge on any atom is 0.341 e. The van der Waals surface area contributed by atoms with Gasteiger partial charge in [-0.25, -0.2) is 9.18 Å². The van der Waals surface area contributed by atoms with E-state index in [-0.39, 0.29) is 5.56 Å². The molecule has 3 aromatic carbocycles. The van der Waals surface area contributed by atoms with Gasteiger partial charge in [0.25, 0.3) is 0 Å². The molecule has 0 aliphatic heterocycles. The molecule has 8 heteroatoms. The Morgan fingerprint density at radius 1 is 0.789 bits per heavy atom. The van der Waals surface area contributed by atoms with E-state index in [1.165, 1.54) is 24.2 Å². The van der Waals surface area contributed by atoms with Crippen molar-refractivity contribution in [1.29, 1.82) is 0 Å². The number of ether oxygens (including phenoxy) is 1. The number of hydrazine groups is 1. The maximum atomic E-state index is 14.5. The van der Waals surface area contributed by atoms with Crippen LogP contribution in [0, 0.1) is 5.82 Å². The molecule has 2 N–H and O–H groups in total. The number of nitrogens with one attached hydrogen (secondary N) is 2. The Morgan fingerprint density at radius 3 is 1.97 bits per heavy atom. The van der Waals surface area contributed by atoms with E-state index in [0.717, 1.165) is 50.1 Å². The number of rotatable bonds is 15. The molecule has 0 saturated heterocycles. The van der Waals surface area contributed by atoms with Gasteiger partial charge in [0.05, 0.1) is 34.9 Å². The van der Waals surface area contributed by atoms with Gasteiger partial charge >= 0.3 is 5.97 Å². The van der Waals surface area contributed by atoms with Crippen LogP contribution in [0.3, 0.4) is 0 Å². The Kier molecular flexibility index (Phi) is 11.6. The van der Waals surface area contributed by atoms with Gasteiger partial charge in [0.15, 0.2) is 0 Å². The Hall–Kier alpha value is -3.94. The summed E-state index contributed by atoms with van der Waals surface area (Å²) >= 11 is 0. The average Bonchev–Trinajstić information content (AvgIpc) is 2.94. The van der Waals surface area contributed by atoms with Gasteiger partial charge < -0.3 is 20.5 Å². The van der Waals surface area contributed by atoms with Crippen LogP contribution in [0.15, 0.2) is 77.0 Å². The van der Waals surface area contributed by atoms with E-state index < -0.39 is 11.8 Å². The zero-order chi connectivity index (χ0) is 27.2. The van der Waals surface area contributed by atoms with Gasteiger partial charge in [-0.15, -0.1) is 0 Å². The molecule has 0 spiro atoms. The molecule has 0 radical (unpaired) electrons. The van der Waals surface area contributed by atoms with Crippen LogP contribution in [0.4, 0.5) is 32.8 Å². The van der Waals surface area contributed by atoms with Crippen molar-refractivity contribution in [3.05, 3.63) is 78.1 Å². The summed E-state index contributed by atoms with van der Waals surface area (Å²) in [7, 11) is 0. The molecule has 38 heavy (non-hydrogen) atoms. The number of esters is 1. The first kappa shape index (κ1) is 28.6. The lowest BCUT2D eigenvalue weighted by molar-refractivity contribution is 0.0492. The van der Waals surface area contributed by atoms with E-state index in [4.69, 9.17) is 4.74 Å². The summed E-state index contributed by atoms with van der Waals surface area (Å²) in [6.45, 7) is 8.67. The summed E-state index contributed by atoms with van der Waals surface area (Å²) in [5, 5.41) is 8.26. The lowest BCUT2D eigenvalue weighted by atomic mass is 10.1. The van der Waals surface area contributed by atoms with Gasteiger partial charge in [-0.2, -0.15) is 10.2 Å². The van der Waals surface area contributed by atoms with Gasteiger partial charge in [0.2, 0.25) is 0 Å². The minimum Gasteiger partial charge on any atom is -0.462 e. The quantitative estimate of drug-likeness (QED) is 0.0909. The predicted octanol–water partition coefficient (Wildman–Crippen LogP) is 8.65. The number of nitrogens with zero attached hydrogens (tertiary/aromatic N) is 3. The van der Waals surface area contributed by atoms with Gasteiger partial charge in [0.1, 0.15) is 5.82 Å². The number of hydrogen-bond acceptors (Lipinski definition) is 7. The summed E-state index contributed by atoms with van der Waals surface area (Å²) in [5.74, 6) is -1.33. The van der Waals surface area contributed by atoms with Gasteiger partial charge in [-0.05, 0) is 80.9 Å². The molecule has 0 saturated carbocycles. The predicted molar refractivity (Wildman–Crippen MR) is 153 cm³/mol. The molecule has 0 unspecified atom stereocenters. The highest BCUT2D eigenvalue weighted by Crippen LogP contribution is 2.23. The van der Waals surface area contributed by atoms with Crippen LogP contribution in [-0.4, -0.2) is 25.7 Å². The normalized spacial score (nSPS) is 10.9. The third-order valence-corrected chi connectivity index (χ3v) is 6.15. The lowest BCUT2D eigenvalue weighted by Gasteiger charge is -2.21. The van der Waals surface area contributed by atoms with E-state index in [9.17, 15) is 9.18 Å². The summed E-state index contributed by atoms with van der Waals surface area (Å²) in [6.07, 6.45) is 5.23. The van der Waals surface area contributed by atoms with Crippen LogP contribution in [0.2, 0.25) is 0 Å². The van der Waals surface area contributed by atoms with Gasteiger partial charge in [0, 0.05) is 24.8 Å². The molecule has 0 aromatic heterocycles. The van der Waals surface area contributed by atoms with Gasteiger partial charge in [-0.3, -0.25) is 0 Å². The van der Waals surface area contributed by atoms with E-state index >= 15 is 0 Å². The van der Waals surface area contributed by atoms with Crippen molar-refractivity contribution in [2.75, 3.05) is 35.4 Å². The third kappa shape index (κ3) is 8.87. The molecule has 7 nitrogen and oxygen atoms in total. The van der Waals surface area contributed by atoms with Gasteiger partial charge in [-0.1, -0.05) is 32.6 Å². The second-order valence-corrected chi connectivity index (χ2v) is 8.93. The van der Waals surface area contributed by atoms with Crippen molar-refractivity contribution in [1.82, 2.24) is 0 Å². The fraction of sp³-hybridized carbons (Fsp3) is 0.367. The number of benzene rings is 3. The highest BCUT2D eigenvalue weighted by atomic mass is 19.1. The molecule has 0 atom stereocenters. The minimum absolute atomic E-state index is 0.0943. The van der Waals surface area contributed by atoms with Crippen molar-refractivity contribution in [3.8, 4) is 0 Å². The zero-order valence-electron chi connectivity index (χ0n) is 22.5. The Bertz CT molecular complexity index is 1160. The third-order valence-electron chi connectivity index (χ3n) is 6.15. The topological polar surface area (TPSA) is 78.3 Å². The van der Waals surface area contributed by atoms with Crippen molar-refractivity contribution >= 4 is 34.4 Å². The molecule has 0 bridgehead atoms. The molecule has 3 aromatic rings. The molecule has 0 aliphatic carbocycles. The zero-order valence-corrected chi connectivity index (χ0v) is 22.5. The van der Waals surface area contributed by atoms with E-state index in [1.807, 2.05) is 24.3 Å². The van der Waals surface area contributed by atoms with Crippen LogP contribution < -0.4 is 15.8 Å². The number of hydrogen-bond donors (Lipinski definition) is 2. The largest absolute Gasteiger partial charge is 0.462 e. The van der Waals surface area contributed by atoms with E-state index in [2.05, 4.69) is 58.9 Å². The SMILES string of the molecule is CCCCCCCOC(=O)c1ccc(/N=N/c2ccc(NNc3ccc(N(CC)CC)cc3)cc2)cc1F. The number of anilines is 3. The fourth-order valence-electron chi connectivity index (χ4n) is 3.90. The van der Waals surface area contributed by atoms with Crippen molar-refractivity contribution in [3.63, 3.8) is 0 Å². The Labute approximate surface area is 225 Å². The molecule has 3 rings (SSSR count). The average molecular weight is 520 g/mol. The number of halogens is 1. The first-order chi connectivity index (χ1) is 18.5. The number of azo groups is 1. The number of carbonyl (C=O) groups excluding carboxylic acids is 1. The minimum atomic E-state index is -0.673. The fourth-order valence-corrected chi connectivity index (χ4v) is 3.90. The van der Waals surface area contributed by atoms with E-state index in [1.54, 1.807) is 18.2 Å². The smallest absolute Gasteiger partial charge is 0.341 e. The number of carbonyl (C=O) groups is 1. The molecular weight excluding hydrogens is 481 g/mol. The molecule has 0 amide bonds. The van der Waals surface area contributed by atoms with Crippen LogP contribution in [0.1, 0.15) is 63.2 Å². The second-order valence-electron chi connectivity index (χ2n) is 8.93. The standard InChI is InChI=1S/C30H38FN5O2/c1-4-7-8-9-10-21-38-30(37)28-20-17-26(22-29(28)31)35-34-24-13-11-23(12-14-24)32-33-25-15-18-27(19-16-25)36(5-2)6-3/h11-20,22,32-33H,4-10,21H2,1-3H3/b35-34+. The van der Waals surface area contributed by atoms with Crippen LogP contribution in [0.25, 0.3) is 0 Å². The summed E-state index contributed by atoms with van der Waals surface area (Å²) in [4.78, 5) is 14.4. The monoisotopic (exact) mass is 519 g/mol.